The fourth-order valence-corrected chi connectivity index (χ4v) is 2.52. The highest BCUT2D eigenvalue weighted by Crippen LogP contribution is 2.30. The summed E-state index contributed by atoms with van der Waals surface area (Å²) in [5.74, 6) is 0.775. The first-order chi connectivity index (χ1) is 9.60. The standard InChI is InChI=1S/C14H21N3O3/c1-18-9-4-5-10(14(15)16)11(6-9)17-7-12(19-2)13(8-17)20-3/h4-6,12-13H,7-8H2,1-3H3,(H3,15,16). The van der Waals surface area contributed by atoms with Gasteiger partial charge in [0.15, 0.2) is 0 Å². The van der Waals surface area contributed by atoms with E-state index < -0.39 is 0 Å². The van der Waals surface area contributed by atoms with Crippen molar-refractivity contribution in [2.24, 2.45) is 5.73 Å². The smallest absolute Gasteiger partial charge is 0.124 e. The molecule has 1 fully saturated rings. The molecule has 1 saturated heterocycles. The number of amidine groups is 1. The van der Waals surface area contributed by atoms with Crippen LogP contribution in [0, 0.1) is 5.41 Å². The highest BCUT2D eigenvalue weighted by Gasteiger charge is 2.34. The number of nitrogens with two attached hydrogens (primary N) is 1. The zero-order chi connectivity index (χ0) is 14.7. The molecule has 0 radical (unpaired) electrons. The van der Waals surface area contributed by atoms with E-state index in [0.29, 0.717) is 18.7 Å². The van der Waals surface area contributed by atoms with Crippen LogP contribution in [0.2, 0.25) is 0 Å². The molecule has 0 saturated carbocycles. The van der Waals surface area contributed by atoms with Crippen LogP contribution in [0.4, 0.5) is 5.69 Å². The molecule has 1 aliphatic rings. The van der Waals surface area contributed by atoms with Crippen molar-refractivity contribution >= 4 is 11.5 Å². The molecule has 2 atom stereocenters. The van der Waals surface area contributed by atoms with Crippen molar-refractivity contribution in [2.45, 2.75) is 12.2 Å². The second-order valence-corrected chi connectivity index (χ2v) is 4.75. The first-order valence-electron chi connectivity index (χ1n) is 6.43. The van der Waals surface area contributed by atoms with Gasteiger partial charge in [-0.3, -0.25) is 5.41 Å². The van der Waals surface area contributed by atoms with Gasteiger partial charge in [-0.15, -0.1) is 0 Å². The molecule has 20 heavy (non-hydrogen) atoms. The van der Waals surface area contributed by atoms with Gasteiger partial charge in [0.25, 0.3) is 0 Å². The highest BCUT2D eigenvalue weighted by molar-refractivity contribution is 6.00. The van der Waals surface area contributed by atoms with Gasteiger partial charge in [0, 0.05) is 38.9 Å². The van der Waals surface area contributed by atoms with E-state index in [9.17, 15) is 0 Å². The van der Waals surface area contributed by atoms with Crippen molar-refractivity contribution in [3.8, 4) is 5.75 Å². The third-order valence-corrected chi connectivity index (χ3v) is 3.66. The molecule has 6 heteroatoms. The van der Waals surface area contributed by atoms with Gasteiger partial charge in [-0.25, -0.2) is 0 Å². The minimum atomic E-state index is 0.00556. The Balaban J connectivity index is 2.34. The number of anilines is 1. The number of rotatable bonds is 5. The lowest BCUT2D eigenvalue weighted by atomic mass is 10.1. The molecule has 6 nitrogen and oxygen atoms in total. The Bertz CT molecular complexity index is 481. The normalized spacial score (nSPS) is 22.1. The Labute approximate surface area is 118 Å². The quantitative estimate of drug-likeness (QED) is 0.616. The molecule has 0 spiro atoms. The number of nitrogens with one attached hydrogen (secondary N) is 1. The lowest BCUT2D eigenvalue weighted by Gasteiger charge is -2.22. The molecule has 0 bridgehead atoms. The summed E-state index contributed by atoms with van der Waals surface area (Å²) in [6.45, 7) is 1.39. The van der Waals surface area contributed by atoms with Crippen LogP contribution in [0.1, 0.15) is 5.56 Å². The number of ether oxygens (including phenoxy) is 3. The number of methoxy groups -OCH3 is 3. The SMILES string of the molecule is COc1ccc(C(=N)N)c(N2CC(OC)C(OC)C2)c1. The minimum absolute atomic E-state index is 0.00556. The molecule has 1 aromatic rings. The fraction of sp³-hybridized carbons (Fsp3) is 0.500. The summed E-state index contributed by atoms with van der Waals surface area (Å²) in [4.78, 5) is 2.11. The van der Waals surface area contributed by atoms with E-state index in [1.54, 1.807) is 33.5 Å². The molecular weight excluding hydrogens is 258 g/mol. The molecule has 1 heterocycles. The van der Waals surface area contributed by atoms with Gasteiger partial charge < -0.3 is 24.8 Å². The van der Waals surface area contributed by atoms with Gasteiger partial charge >= 0.3 is 0 Å². The molecule has 1 aliphatic heterocycles. The van der Waals surface area contributed by atoms with Crippen LogP contribution in [-0.2, 0) is 9.47 Å². The van der Waals surface area contributed by atoms with E-state index in [1.165, 1.54) is 0 Å². The number of hydrogen-bond acceptors (Lipinski definition) is 5. The monoisotopic (exact) mass is 279 g/mol. The van der Waals surface area contributed by atoms with Crippen molar-refractivity contribution in [3.63, 3.8) is 0 Å². The van der Waals surface area contributed by atoms with Gasteiger partial charge in [0.1, 0.15) is 23.8 Å². The topological polar surface area (TPSA) is 80.8 Å². The van der Waals surface area contributed by atoms with Gasteiger partial charge in [0.2, 0.25) is 0 Å². The maximum atomic E-state index is 7.71. The van der Waals surface area contributed by atoms with Crippen LogP contribution in [0.25, 0.3) is 0 Å². The van der Waals surface area contributed by atoms with E-state index in [4.69, 9.17) is 25.4 Å². The van der Waals surface area contributed by atoms with E-state index >= 15 is 0 Å². The zero-order valence-corrected chi connectivity index (χ0v) is 12.1. The Hall–Kier alpha value is -1.79. The molecule has 2 unspecified atom stereocenters. The summed E-state index contributed by atoms with van der Waals surface area (Å²) in [5, 5.41) is 7.71. The second kappa shape index (κ2) is 6.11. The first kappa shape index (κ1) is 14.6. The Morgan fingerprint density at radius 2 is 1.80 bits per heavy atom. The summed E-state index contributed by atoms with van der Waals surface area (Å²) in [7, 11) is 4.97. The maximum Gasteiger partial charge on any atom is 0.124 e. The lowest BCUT2D eigenvalue weighted by Crippen LogP contribution is -2.27. The fourth-order valence-electron chi connectivity index (χ4n) is 2.52. The predicted molar refractivity (Wildman–Crippen MR) is 77.8 cm³/mol. The van der Waals surface area contributed by atoms with E-state index in [2.05, 4.69) is 4.90 Å². The van der Waals surface area contributed by atoms with Gasteiger partial charge in [0.05, 0.1) is 12.8 Å². The maximum absolute atomic E-state index is 7.71. The molecule has 2 rings (SSSR count). The zero-order valence-electron chi connectivity index (χ0n) is 12.1. The molecule has 3 N–H and O–H groups in total. The van der Waals surface area contributed by atoms with Gasteiger partial charge in [-0.1, -0.05) is 0 Å². The minimum Gasteiger partial charge on any atom is -0.497 e. The summed E-state index contributed by atoms with van der Waals surface area (Å²) < 4.78 is 16.1. The van der Waals surface area contributed by atoms with Crippen LogP contribution in [-0.4, -0.2) is 52.5 Å². The number of benzene rings is 1. The summed E-state index contributed by atoms with van der Waals surface area (Å²) in [6, 6.07) is 5.50. The van der Waals surface area contributed by atoms with Crippen molar-refractivity contribution < 1.29 is 14.2 Å². The van der Waals surface area contributed by atoms with Crippen LogP contribution in [0.15, 0.2) is 18.2 Å². The molecule has 0 aliphatic carbocycles. The Morgan fingerprint density at radius 3 is 2.25 bits per heavy atom. The number of hydrogen-bond donors (Lipinski definition) is 2. The van der Waals surface area contributed by atoms with Crippen LogP contribution in [0.5, 0.6) is 5.75 Å². The van der Waals surface area contributed by atoms with Crippen LogP contribution in [0.3, 0.4) is 0 Å². The highest BCUT2D eigenvalue weighted by atomic mass is 16.5. The van der Waals surface area contributed by atoms with Crippen molar-refractivity contribution in [1.29, 1.82) is 5.41 Å². The van der Waals surface area contributed by atoms with Crippen molar-refractivity contribution in [2.75, 3.05) is 39.3 Å². The summed E-state index contributed by atoms with van der Waals surface area (Å²) >= 11 is 0. The third-order valence-electron chi connectivity index (χ3n) is 3.66. The lowest BCUT2D eigenvalue weighted by molar-refractivity contribution is -0.00461. The molecule has 110 valence electrons. The molecule has 1 aromatic carbocycles. The van der Waals surface area contributed by atoms with E-state index in [0.717, 1.165) is 11.4 Å². The summed E-state index contributed by atoms with van der Waals surface area (Å²) in [5.41, 5.74) is 7.23. The van der Waals surface area contributed by atoms with E-state index in [-0.39, 0.29) is 18.0 Å². The first-order valence-corrected chi connectivity index (χ1v) is 6.43. The van der Waals surface area contributed by atoms with Crippen molar-refractivity contribution in [3.05, 3.63) is 23.8 Å². The van der Waals surface area contributed by atoms with Crippen molar-refractivity contribution in [1.82, 2.24) is 0 Å². The van der Waals surface area contributed by atoms with Gasteiger partial charge in [-0.05, 0) is 12.1 Å². The Kier molecular flexibility index (Phi) is 4.46. The van der Waals surface area contributed by atoms with Gasteiger partial charge in [-0.2, -0.15) is 0 Å². The molecule has 0 aromatic heterocycles. The Morgan fingerprint density at radius 1 is 1.20 bits per heavy atom. The largest absolute Gasteiger partial charge is 0.497 e. The number of nitrogens with zero attached hydrogens (tertiary/aromatic N) is 1. The van der Waals surface area contributed by atoms with E-state index in [1.807, 2.05) is 6.07 Å². The predicted octanol–water partition coefficient (Wildman–Crippen LogP) is 0.829. The average Bonchev–Trinajstić information content (AvgIpc) is 2.89. The second-order valence-electron chi connectivity index (χ2n) is 4.75. The average molecular weight is 279 g/mol. The third kappa shape index (κ3) is 2.71. The molecular formula is C14H21N3O3. The summed E-state index contributed by atoms with van der Waals surface area (Å²) in [6.07, 6.45) is 0.0111. The molecule has 0 amide bonds. The van der Waals surface area contributed by atoms with Crippen LogP contribution >= 0.6 is 0 Å². The number of nitrogen functional groups attached to an aromatic ring is 1. The van der Waals surface area contributed by atoms with Crippen LogP contribution < -0.4 is 15.4 Å².